The maximum absolute atomic E-state index is 5.27. The van der Waals surface area contributed by atoms with Gasteiger partial charge in [0.2, 0.25) is 0 Å². The van der Waals surface area contributed by atoms with Gasteiger partial charge in [0, 0.05) is 0 Å². The first-order chi connectivity index (χ1) is 10.4. The van der Waals surface area contributed by atoms with Crippen molar-refractivity contribution in [2.75, 3.05) is 0 Å². The molecular weight excluding hydrogens is 254 g/mol. The summed E-state index contributed by atoms with van der Waals surface area (Å²) >= 11 is 0. The molecule has 1 nitrogen and oxygen atoms in total. The SMILES string of the molecule is CCCCC/C=C/CCCCC/C=C/C=C/CC/C=C/N. The van der Waals surface area contributed by atoms with Crippen molar-refractivity contribution >= 4 is 0 Å². The lowest BCUT2D eigenvalue weighted by molar-refractivity contribution is 0.692. The molecule has 0 aromatic heterocycles. The van der Waals surface area contributed by atoms with Crippen molar-refractivity contribution in [3.63, 3.8) is 0 Å². The zero-order chi connectivity index (χ0) is 15.4. The van der Waals surface area contributed by atoms with Crippen LogP contribution >= 0.6 is 0 Å². The van der Waals surface area contributed by atoms with Crippen molar-refractivity contribution in [2.24, 2.45) is 5.73 Å². The molecule has 2 N–H and O–H groups in total. The topological polar surface area (TPSA) is 26.0 Å². The van der Waals surface area contributed by atoms with E-state index in [4.69, 9.17) is 5.73 Å². The summed E-state index contributed by atoms with van der Waals surface area (Å²) in [6.45, 7) is 2.26. The molecule has 0 amide bonds. The minimum atomic E-state index is 1.03. The second-order valence-electron chi connectivity index (χ2n) is 5.47. The van der Waals surface area contributed by atoms with Gasteiger partial charge in [-0.15, -0.1) is 0 Å². The van der Waals surface area contributed by atoms with Crippen LogP contribution in [0.4, 0.5) is 0 Å². The van der Waals surface area contributed by atoms with E-state index in [1.807, 2.05) is 6.08 Å². The van der Waals surface area contributed by atoms with Gasteiger partial charge in [-0.25, -0.2) is 0 Å². The van der Waals surface area contributed by atoms with Gasteiger partial charge >= 0.3 is 0 Å². The van der Waals surface area contributed by atoms with Crippen LogP contribution in [0.1, 0.15) is 77.6 Å². The fraction of sp³-hybridized carbons (Fsp3) is 0.600. The molecule has 0 aliphatic heterocycles. The van der Waals surface area contributed by atoms with Gasteiger partial charge in [-0.2, -0.15) is 0 Å². The molecule has 0 atom stereocenters. The summed E-state index contributed by atoms with van der Waals surface area (Å²) < 4.78 is 0. The van der Waals surface area contributed by atoms with Crippen LogP contribution < -0.4 is 5.73 Å². The summed E-state index contributed by atoms with van der Waals surface area (Å²) in [5.41, 5.74) is 5.27. The van der Waals surface area contributed by atoms with Crippen LogP contribution in [-0.2, 0) is 0 Å². The van der Waals surface area contributed by atoms with E-state index in [2.05, 4.69) is 43.4 Å². The fourth-order valence-electron chi connectivity index (χ4n) is 2.09. The summed E-state index contributed by atoms with van der Waals surface area (Å²) in [5, 5.41) is 0. The van der Waals surface area contributed by atoms with Crippen LogP contribution in [0, 0.1) is 0 Å². The molecular formula is C20H35N. The van der Waals surface area contributed by atoms with Crippen molar-refractivity contribution in [1.29, 1.82) is 0 Å². The molecule has 0 aromatic rings. The molecule has 0 saturated heterocycles. The molecule has 0 saturated carbocycles. The molecule has 0 heterocycles. The normalized spacial score (nSPS) is 12.6. The standard InChI is InChI=1S/C20H35N/c1-2-3-4-5-6-7-8-9-10-11-12-13-14-15-16-17-18-19-20-21/h6-7,13-16,19-20H,2-5,8-12,17-18,21H2,1H3/b7-6+,14-13+,16-15+,20-19+. The van der Waals surface area contributed by atoms with E-state index < -0.39 is 0 Å². The molecule has 120 valence electrons. The molecule has 0 spiro atoms. The summed E-state index contributed by atoms with van der Waals surface area (Å²) in [4.78, 5) is 0. The Balaban J connectivity index is 3.24. The van der Waals surface area contributed by atoms with Crippen LogP contribution in [0.2, 0.25) is 0 Å². The number of rotatable bonds is 14. The maximum atomic E-state index is 5.27. The first-order valence-electron chi connectivity index (χ1n) is 8.75. The lowest BCUT2D eigenvalue weighted by atomic mass is 10.1. The number of allylic oxidation sites excluding steroid dienone is 7. The Bertz CT molecular complexity index is 297. The van der Waals surface area contributed by atoms with Crippen LogP contribution in [0.3, 0.4) is 0 Å². The fourth-order valence-corrected chi connectivity index (χ4v) is 2.09. The lowest BCUT2D eigenvalue weighted by Crippen LogP contribution is -1.76. The van der Waals surface area contributed by atoms with Gasteiger partial charge in [-0.1, -0.05) is 68.7 Å². The van der Waals surface area contributed by atoms with E-state index in [-0.39, 0.29) is 0 Å². The minimum absolute atomic E-state index is 1.03. The molecule has 0 unspecified atom stereocenters. The first kappa shape index (κ1) is 19.8. The van der Waals surface area contributed by atoms with E-state index in [1.165, 1.54) is 57.8 Å². The van der Waals surface area contributed by atoms with Crippen molar-refractivity contribution in [2.45, 2.75) is 77.6 Å². The third-order valence-electron chi connectivity index (χ3n) is 3.40. The summed E-state index contributed by atoms with van der Waals surface area (Å²) in [6.07, 6.45) is 31.0. The first-order valence-corrected chi connectivity index (χ1v) is 8.75. The highest BCUT2D eigenvalue weighted by Crippen LogP contribution is 2.06. The van der Waals surface area contributed by atoms with Gasteiger partial charge in [0.15, 0.2) is 0 Å². The Labute approximate surface area is 132 Å². The highest BCUT2D eigenvalue weighted by molar-refractivity contribution is 5.02. The van der Waals surface area contributed by atoms with Gasteiger partial charge < -0.3 is 5.73 Å². The van der Waals surface area contributed by atoms with Crippen LogP contribution in [0.25, 0.3) is 0 Å². The van der Waals surface area contributed by atoms with E-state index in [1.54, 1.807) is 6.20 Å². The molecule has 0 bridgehead atoms. The van der Waals surface area contributed by atoms with Gasteiger partial charge in [-0.3, -0.25) is 0 Å². The average Bonchev–Trinajstić information content (AvgIpc) is 2.50. The van der Waals surface area contributed by atoms with Crippen molar-refractivity contribution in [3.8, 4) is 0 Å². The quantitative estimate of drug-likeness (QED) is 0.222. The van der Waals surface area contributed by atoms with Gasteiger partial charge in [0.25, 0.3) is 0 Å². The molecule has 0 aliphatic rings. The average molecular weight is 290 g/mol. The highest BCUT2D eigenvalue weighted by Gasteiger charge is 1.86. The van der Waals surface area contributed by atoms with Crippen LogP contribution in [0.5, 0.6) is 0 Å². The van der Waals surface area contributed by atoms with Crippen molar-refractivity contribution < 1.29 is 0 Å². The molecule has 0 aromatic carbocycles. The van der Waals surface area contributed by atoms with E-state index in [0.29, 0.717) is 0 Å². The number of hydrogen-bond donors (Lipinski definition) is 1. The smallest absolute Gasteiger partial charge is 0.0103 e. The highest BCUT2D eigenvalue weighted by atomic mass is 14.5. The molecule has 1 heteroatoms. The number of unbranched alkanes of at least 4 members (excludes halogenated alkanes) is 8. The third kappa shape index (κ3) is 18.8. The number of nitrogens with two attached hydrogens (primary N) is 1. The van der Waals surface area contributed by atoms with E-state index in [9.17, 15) is 0 Å². The second kappa shape index (κ2) is 18.8. The summed E-state index contributed by atoms with van der Waals surface area (Å²) in [5.74, 6) is 0. The predicted octanol–water partition coefficient (Wildman–Crippen LogP) is 6.44. The van der Waals surface area contributed by atoms with Gasteiger partial charge in [0.1, 0.15) is 0 Å². The Hall–Kier alpha value is -1.24. The summed E-state index contributed by atoms with van der Waals surface area (Å²) in [6, 6.07) is 0. The minimum Gasteiger partial charge on any atom is -0.405 e. The number of hydrogen-bond acceptors (Lipinski definition) is 1. The van der Waals surface area contributed by atoms with Crippen molar-refractivity contribution in [1.82, 2.24) is 0 Å². The van der Waals surface area contributed by atoms with Gasteiger partial charge in [0.05, 0.1) is 0 Å². The zero-order valence-electron chi connectivity index (χ0n) is 14.0. The Morgan fingerprint density at radius 3 is 1.71 bits per heavy atom. The molecule has 0 aliphatic carbocycles. The Morgan fingerprint density at radius 1 is 0.571 bits per heavy atom. The monoisotopic (exact) mass is 289 g/mol. The van der Waals surface area contributed by atoms with E-state index in [0.717, 1.165) is 12.8 Å². The third-order valence-corrected chi connectivity index (χ3v) is 3.40. The molecule has 21 heavy (non-hydrogen) atoms. The molecule has 0 fully saturated rings. The Morgan fingerprint density at radius 2 is 1.10 bits per heavy atom. The van der Waals surface area contributed by atoms with Crippen LogP contribution in [0.15, 0.2) is 48.7 Å². The maximum Gasteiger partial charge on any atom is -0.0103 e. The van der Waals surface area contributed by atoms with E-state index >= 15 is 0 Å². The Kier molecular flexibility index (Phi) is 17.7. The lowest BCUT2D eigenvalue weighted by Gasteiger charge is -1.95. The van der Waals surface area contributed by atoms with Gasteiger partial charge in [-0.05, 0) is 57.6 Å². The summed E-state index contributed by atoms with van der Waals surface area (Å²) in [7, 11) is 0. The van der Waals surface area contributed by atoms with Crippen molar-refractivity contribution in [3.05, 3.63) is 48.7 Å². The van der Waals surface area contributed by atoms with Crippen LogP contribution in [-0.4, -0.2) is 0 Å². The molecule has 0 rings (SSSR count). The largest absolute Gasteiger partial charge is 0.405 e. The molecule has 0 radical (unpaired) electrons. The predicted molar refractivity (Wildman–Crippen MR) is 97.2 cm³/mol. The zero-order valence-corrected chi connectivity index (χ0v) is 14.0. The second-order valence-corrected chi connectivity index (χ2v) is 5.47.